The Morgan fingerprint density at radius 3 is 2.81 bits per heavy atom. The van der Waals surface area contributed by atoms with Gasteiger partial charge in [0, 0.05) is 6.42 Å². The summed E-state index contributed by atoms with van der Waals surface area (Å²) in [6, 6.07) is 0. The van der Waals surface area contributed by atoms with Crippen LogP contribution in [-0.2, 0) is 16.9 Å². The summed E-state index contributed by atoms with van der Waals surface area (Å²) in [4.78, 5) is 15.2. The zero-order valence-corrected chi connectivity index (χ0v) is 10.2. The third-order valence-electron chi connectivity index (χ3n) is 1.87. The van der Waals surface area contributed by atoms with Gasteiger partial charge in [-0.15, -0.1) is 0 Å². The summed E-state index contributed by atoms with van der Waals surface area (Å²) in [5, 5.41) is 18.8. The Bertz CT molecular complexity index is 359. The fourth-order valence-corrected chi connectivity index (χ4v) is 1.22. The number of carbonyl (C=O) groups is 1. The molecule has 0 unspecified atom stereocenters. The molecule has 1 amide bonds. The average Bonchev–Trinajstić information content (AvgIpc) is 2.63. The first-order valence-corrected chi connectivity index (χ1v) is 5.58. The lowest BCUT2D eigenvalue weighted by atomic mass is 10.1. The first kappa shape index (κ1) is 13.0. The maximum absolute atomic E-state index is 11.1. The van der Waals surface area contributed by atoms with Crippen LogP contribution in [0.5, 0.6) is 0 Å². The number of aromatic amines is 1. The van der Waals surface area contributed by atoms with E-state index in [1.807, 2.05) is 0 Å². The van der Waals surface area contributed by atoms with Crippen molar-refractivity contribution >= 4 is 18.5 Å². The highest BCUT2D eigenvalue weighted by Gasteiger charge is 2.21. The molecule has 0 atom stereocenters. The minimum Gasteiger partial charge on any atom is -0.382 e. The average molecular weight is 244 g/mol. The molecule has 6 nitrogen and oxygen atoms in total. The molecule has 7 heteroatoms. The maximum Gasteiger partial charge on any atom is 0.221 e. The van der Waals surface area contributed by atoms with Crippen LogP contribution in [0.3, 0.4) is 0 Å². The van der Waals surface area contributed by atoms with Crippen molar-refractivity contribution in [3.63, 3.8) is 0 Å². The third-order valence-corrected chi connectivity index (χ3v) is 2.09. The highest BCUT2D eigenvalue weighted by atomic mass is 32.1. The van der Waals surface area contributed by atoms with Crippen molar-refractivity contribution < 1.29 is 9.90 Å². The van der Waals surface area contributed by atoms with E-state index in [1.54, 1.807) is 13.8 Å². The molecule has 1 rings (SSSR count). The van der Waals surface area contributed by atoms with Gasteiger partial charge < -0.3 is 10.4 Å². The number of hydrogen-bond acceptors (Lipinski definition) is 5. The van der Waals surface area contributed by atoms with Gasteiger partial charge in [-0.05, 0) is 19.6 Å². The standard InChI is InChI=1S/C9H16N4O2S/c1-9(2,15)8-11-6(12-13-8)5-10-7(14)3-4-16/h15-16H,3-5H2,1-2H3,(H,10,14)(H,11,12,13). The first-order valence-electron chi connectivity index (χ1n) is 4.95. The Morgan fingerprint density at radius 1 is 1.62 bits per heavy atom. The number of amides is 1. The van der Waals surface area contributed by atoms with Gasteiger partial charge in [0.1, 0.15) is 11.4 Å². The molecule has 0 saturated heterocycles. The molecular formula is C9H16N4O2S. The lowest BCUT2D eigenvalue weighted by Crippen LogP contribution is -2.23. The molecule has 1 heterocycles. The molecule has 0 fully saturated rings. The smallest absolute Gasteiger partial charge is 0.221 e. The zero-order chi connectivity index (χ0) is 12.2. The van der Waals surface area contributed by atoms with E-state index < -0.39 is 5.60 Å². The van der Waals surface area contributed by atoms with Gasteiger partial charge in [-0.1, -0.05) is 0 Å². The van der Waals surface area contributed by atoms with Gasteiger partial charge in [-0.25, -0.2) is 4.98 Å². The molecule has 0 bridgehead atoms. The number of H-pyrrole nitrogens is 1. The fourth-order valence-electron chi connectivity index (χ4n) is 1.02. The van der Waals surface area contributed by atoms with E-state index in [2.05, 4.69) is 33.1 Å². The Balaban J connectivity index is 2.50. The maximum atomic E-state index is 11.1. The van der Waals surface area contributed by atoms with E-state index >= 15 is 0 Å². The van der Waals surface area contributed by atoms with Gasteiger partial charge >= 0.3 is 0 Å². The van der Waals surface area contributed by atoms with Crippen LogP contribution in [0.4, 0.5) is 0 Å². The van der Waals surface area contributed by atoms with Crippen molar-refractivity contribution in [1.82, 2.24) is 20.5 Å². The number of aliphatic hydroxyl groups is 1. The molecule has 3 N–H and O–H groups in total. The second kappa shape index (κ2) is 5.31. The van der Waals surface area contributed by atoms with E-state index in [-0.39, 0.29) is 12.5 Å². The van der Waals surface area contributed by atoms with Gasteiger partial charge in [0.05, 0.1) is 6.54 Å². The number of hydrogen-bond donors (Lipinski definition) is 4. The molecule has 0 aliphatic carbocycles. The molecule has 90 valence electrons. The summed E-state index contributed by atoms with van der Waals surface area (Å²) < 4.78 is 0. The first-order chi connectivity index (χ1) is 7.43. The zero-order valence-electron chi connectivity index (χ0n) is 9.32. The van der Waals surface area contributed by atoms with Crippen LogP contribution >= 0.6 is 12.6 Å². The molecule has 0 spiro atoms. The highest BCUT2D eigenvalue weighted by Crippen LogP contribution is 2.13. The Morgan fingerprint density at radius 2 is 2.31 bits per heavy atom. The monoisotopic (exact) mass is 244 g/mol. The normalized spacial score (nSPS) is 11.5. The molecule has 1 aromatic rings. The molecule has 1 aromatic heterocycles. The van der Waals surface area contributed by atoms with Crippen LogP contribution in [0.1, 0.15) is 31.9 Å². The van der Waals surface area contributed by atoms with Crippen molar-refractivity contribution in [2.45, 2.75) is 32.4 Å². The minimum atomic E-state index is -1.08. The number of aromatic nitrogens is 3. The topological polar surface area (TPSA) is 90.9 Å². The molecule has 0 aliphatic rings. The SMILES string of the molecule is CC(C)(O)c1n[nH]c(CNC(=O)CCS)n1. The lowest BCUT2D eigenvalue weighted by molar-refractivity contribution is -0.120. The highest BCUT2D eigenvalue weighted by molar-refractivity contribution is 7.80. The van der Waals surface area contributed by atoms with Crippen molar-refractivity contribution in [2.75, 3.05) is 5.75 Å². The molecule has 16 heavy (non-hydrogen) atoms. The van der Waals surface area contributed by atoms with E-state index in [0.717, 1.165) is 0 Å². The van der Waals surface area contributed by atoms with Gasteiger partial charge in [0.25, 0.3) is 0 Å². The van der Waals surface area contributed by atoms with E-state index in [9.17, 15) is 9.90 Å². The molecule has 0 aromatic carbocycles. The number of thiol groups is 1. The summed E-state index contributed by atoms with van der Waals surface area (Å²) in [5.41, 5.74) is -1.08. The van der Waals surface area contributed by atoms with E-state index in [0.29, 0.717) is 23.8 Å². The Hall–Kier alpha value is -1.08. The van der Waals surface area contributed by atoms with Crippen LogP contribution in [0, 0.1) is 0 Å². The van der Waals surface area contributed by atoms with Crippen molar-refractivity contribution in [1.29, 1.82) is 0 Å². The second-order valence-corrected chi connectivity index (χ2v) is 4.36. The van der Waals surface area contributed by atoms with Crippen LogP contribution in [0.15, 0.2) is 0 Å². The van der Waals surface area contributed by atoms with Crippen molar-refractivity contribution in [3.8, 4) is 0 Å². The fraction of sp³-hybridized carbons (Fsp3) is 0.667. The predicted molar refractivity (Wildman–Crippen MR) is 61.9 cm³/mol. The van der Waals surface area contributed by atoms with Crippen molar-refractivity contribution in [3.05, 3.63) is 11.6 Å². The molecule has 0 aliphatic heterocycles. The Labute approximate surface area is 99.3 Å². The van der Waals surface area contributed by atoms with E-state index in [1.165, 1.54) is 0 Å². The summed E-state index contributed by atoms with van der Waals surface area (Å²) in [5.74, 6) is 1.25. The molecular weight excluding hydrogens is 228 g/mol. The molecule has 0 radical (unpaired) electrons. The summed E-state index contributed by atoms with van der Waals surface area (Å²) in [6.07, 6.45) is 0.371. The summed E-state index contributed by atoms with van der Waals surface area (Å²) >= 11 is 3.95. The predicted octanol–water partition coefficient (Wildman–Crippen LogP) is -0.0318. The van der Waals surface area contributed by atoms with Gasteiger partial charge in [-0.3, -0.25) is 9.89 Å². The van der Waals surface area contributed by atoms with Crippen LogP contribution in [0.2, 0.25) is 0 Å². The number of nitrogens with zero attached hydrogens (tertiary/aromatic N) is 2. The largest absolute Gasteiger partial charge is 0.382 e. The van der Waals surface area contributed by atoms with Crippen LogP contribution in [-0.4, -0.2) is 31.9 Å². The van der Waals surface area contributed by atoms with Gasteiger partial charge in [-0.2, -0.15) is 17.7 Å². The lowest BCUT2D eigenvalue weighted by Gasteiger charge is -2.10. The van der Waals surface area contributed by atoms with Gasteiger partial charge in [0.2, 0.25) is 5.91 Å². The van der Waals surface area contributed by atoms with Crippen LogP contribution < -0.4 is 5.32 Å². The third kappa shape index (κ3) is 3.82. The number of rotatable bonds is 5. The van der Waals surface area contributed by atoms with Crippen LogP contribution in [0.25, 0.3) is 0 Å². The van der Waals surface area contributed by atoms with Crippen molar-refractivity contribution in [2.24, 2.45) is 0 Å². The summed E-state index contributed by atoms with van der Waals surface area (Å²) in [6.45, 7) is 3.47. The summed E-state index contributed by atoms with van der Waals surface area (Å²) in [7, 11) is 0. The number of nitrogens with one attached hydrogen (secondary N) is 2. The Kier molecular flexibility index (Phi) is 4.31. The molecule has 0 saturated carbocycles. The quantitative estimate of drug-likeness (QED) is 0.547. The minimum absolute atomic E-state index is 0.0868. The van der Waals surface area contributed by atoms with E-state index in [4.69, 9.17) is 0 Å². The number of carbonyl (C=O) groups excluding carboxylic acids is 1. The second-order valence-electron chi connectivity index (χ2n) is 3.92. The van der Waals surface area contributed by atoms with Gasteiger partial charge in [0.15, 0.2) is 5.82 Å².